The maximum absolute atomic E-state index is 12.9. The molecule has 0 unspecified atom stereocenters. The van der Waals surface area contributed by atoms with Gasteiger partial charge in [0.1, 0.15) is 0 Å². The van der Waals surface area contributed by atoms with Gasteiger partial charge in [-0.2, -0.15) is 13.2 Å². The van der Waals surface area contributed by atoms with Crippen LogP contribution < -0.4 is 5.32 Å². The molecule has 3 N–H and O–H groups in total. The molecule has 6 nitrogen and oxygen atoms in total. The zero-order valence-electron chi connectivity index (χ0n) is 17.9. The van der Waals surface area contributed by atoms with Gasteiger partial charge in [0, 0.05) is 31.4 Å². The van der Waals surface area contributed by atoms with Gasteiger partial charge in [0.25, 0.3) is 0 Å². The van der Waals surface area contributed by atoms with Crippen LogP contribution in [0.3, 0.4) is 0 Å². The predicted molar refractivity (Wildman–Crippen MR) is 115 cm³/mol. The van der Waals surface area contributed by atoms with E-state index in [1.54, 1.807) is 11.1 Å². The average molecular weight is 449 g/mol. The van der Waals surface area contributed by atoms with Gasteiger partial charge < -0.3 is 20.4 Å². The maximum Gasteiger partial charge on any atom is 0.416 e. The van der Waals surface area contributed by atoms with Gasteiger partial charge in [-0.3, -0.25) is 4.98 Å². The molecule has 0 aliphatic carbocycles. The number of hydrogen-bond acceptors (Lipinski definition) is 4. The van der Waals surface area contributed by atoms with Crippen molar-refractivity contribution >= 4 is 17.3 Å². The van der Waals surface area contributed by atoms with E-state index in [-0.39, 0.29) is 18.2 Å². The molecule has 0 radical (unpaired) electrons. The molecule has 1 aromatic heterocycles. The van der Waals surface area contributed by atoms with E-state index < -0.39 is 17.8 Å². The van der Waals surface area contributed by atoms with E-state index in [9.17, 15) is 23.1 Å². The number of nitrogens with one attached hydrogen (secondary N) is 1. The number of hydrogen-bond donors (Lipinski definition) is 3. The van der Waals surface area contributed by atoms with Crippen molar-refractivity contribution < 1.29 is 28.2 Å². The van der Waals surface area contributed by atoms with E-state index in [4.69, 9.17) is 5.11 Å². The summed E-state index contributed by atoms with van der Waals surface area (Å²) in [5, 5.41) is 21.2. The minimum Gasteiger partial charge on any atom is -0.394 e. The van der Waals surface area contributed by atoms with Crippen LogP contribution in [0, 0.1) is 13.8 Å². The largest absolute Gasteiger partial charge is 0.416 e. The van der Waals surface area contributed by atoms with Crippen molar-refractivity contribution in [1.29, 1.82) is 0 Å². The van der Waals surface area contributed by atoms with Crippen LogP contribution in [0.25, 0.3) is 5.57 Å². The first-order chi connectivity index (χ1) is 15.1. The molecule has 2 amide bonds. The number of aliphatic hydroxyl groups is 2. The molecule has 3 rings (SSSR count). The number of halogens is 3. The lowest BCUT2D eigenvalue weighted by atomic mass is 9.99. The first-order valence-corrected chi connectivity index (χ1v) is 10.3. The van der Waals surface area contributed by atoms with Crippen LogP contribution in [-0.4, -0.2) is 51.9 Å². The molecule has 0 spiro atoms. The molecule has 0 saturated heterocycles. The molecule has 0 bridgehead atoms. The SMILES string of the molecule is Cc1cc(NC(=O)N2CC=C(c3ncc(C[C@H](O)CO)cc3C)CC2)ccc1C(F)(F)F. The maximum atomic E-state index is 12.9. The van der Waals surface area contributed by atoms with Gasteiger partial charge in [-0.25, -0.2) is 4.79 Å². The van der Waals surface area contributed by atoms with Crippen LogP contribution in [-0.2, 0) is 12.6 Å². The van der Waals surface area contributed by atoms with Crippen molar-refractivity contribution in [3.63, 3.8) is 0 Å². The summed E-state index contributed by atoms with van der Waals surface area (Å²) in [6.07, 6.45) is -0.750. The Labute approximate surface area is 184 Å². The number of carbonyl (C=O) groups is 1. The monoisotopic (exact) mass is 449 g/mol. The Bertz CT molecular complexity index is 1020. The van der Waals surface area contributed by atoms with Crippen LogP contribution in [0.2, 0.25) is 0 Å². The zero-order chi connectivity index (χ0) is 23.5. The first-order valence-electron chi connectivity index (χ1n) is 10.3. The summed E-state index contributed by atoms with van der Waals surface area (Å²) in [6, 6.07) is 5.08. The second kappa shape index (κ2) is 9.70. The summed E-state index contributed by atoms with van der Waals surface area (Å²) < 4.78 is 38.7. The number of carbonyl (C=O) groups excluding carboxylic acids is 1. The van der Waals surface area contributed by atoms with Gasteiger partial charge >= 0.3 is 12.2 Å². The number of aliphatic hydroxyl groups excluding tert-OH is 2. The molecule has 32 heavy (non-hydrogen) atoms. The Morgan fingerprint density at radius 3 is 2.56 bits per heavy atom. The highest BCUT2D eigenvalue weighted by Crippen LogP contribution is 2.33. The predicted octanol–water partition coefficient (Wildman–Crippen LogP) is 3.93. The summed E-state index contributed by atoms with van der Waals surface area (Å²) in [4.78, 5) is 18.6. The molecule has 1 aromatic carbocycles. The molecule has 2 aromatic rings. The number of aromatic nitrogens is 1. The topological polar surface area (TPSA) is 85.7 Å². The van der Waals surface area contributed by atoms with Crippen LogP contribution in [0.5, 0.6) is 0 Å². The van der Waals surface area contributed by atoms with Crippen molar-refractivity contribution in [1.82, 2.24) is 9.88 Å². The molecule has 9 heteroatoms. The van der Waals surface area contributed by atoms with E-state index in [0.717, 1.165) is 28.5 Å². The molecule has 1 atom stereocenters. The van der Waals surface area contributed by atoms with Crippen LogP contribution >= 0.6 is 0 Å². The van der Waals surface area contributed by atoms with Crippen molar-refractivity contribution in [3.8, 4) is 0 Å². The number of rotatable bonds is 5. The lowest BCUT2D eigenvalue weighted by Gasteiger charge is -2.27. The van der Waals surface area contributed by atoms with E-state index >= 15 is 0 Å². The Kier molecular flexibility index (Phi) is 7.20. The van der Waals surface area contributed by atoms with E-state index in [2.05, 4.69) is 10.3 Å². The van der Waals surface area contributed by atoms with E-state index in [0.29, 0.717) is 31.6 Å². The third kappa shape index (κ3) is 5.66. The zero-order valence-corrected chi connectivity index (χ0v) is 17.9. The van der Waals surface area contributed by atoms with Gasteiger partial charge in [-0.05, 0) is 60.7 Å². The van der Waals surface area contributed by atoms with Gasteiger partial charge in [0.2, 0.25) is 0 Å². The third-order valence-electron chi connectivity index (χ3n) is 5.40. The smallest absolute Gasteiger partial charge is 0.394 e. The van der Waals surface area contributed by atoms with Crippen molar-refractivity contribution in [3.05, 3.63) is 64.5 Å². The fraction of sp³-hybridized carbons (Fsp3) is 0.391. The van der Waals surface area contributed by atoms with Crippen molar-refractivity contribution in [2.45, 2.75) is 39.0 Å². The van der Waals surface area contributed by atoms with Gasteiger partial charge in [-0.15, -0.1) is 0 Å². The number of benzene rings is 1. The minimum absolute atomic E-state index is 0.0487. The molecule has 2 heterocycles. The highest BCUT2D eigenvalue weighted by atomic mass is 19.4. The molecular weight excluding hydrogens is 423 g/mol. The van der Waals surface area contributed by atoms with E-state index in [1.807, 2.05) is 19.1 Å². The fourth-order valence-corrected chi connectivity index (χ4v) is 3.75. The first kappa shape index (κ1) is 23.7. The van der Waals surface area contributed by atoms with Gasteiger partial charge in [0.15, 0.2) is 0 Å². The third-order valence-corrected chi connectivity index (χ3v) is 5.40. The second-order valence-electron chi connectivity index (χ2n) is 7.93. The highest BCUT2D eigenvalue weighted by molar-refractivity contribution is 5.90. The lowest BCUT2D eigenvalue weighted by Crippen LogP contribution is -2.38. The average Bonchev–Trinajstić information content (AvgIpc) is 2.73. The number of nitrogens with zero attached hydrogens (tertiary/aromatic N) is 2. The van der Waals surface area contributed by atoms with Gasteiger partial charge in [-0.1, -0.05) is 12.1 Å². The Hall–Kier alpha value is -2.91. The molecular formula is C23H26F3N3O3. The summed E-state index contributed by atoms with van der Waals surface area (Å²) in [7, 11) is 0. The number of urea groups is 1. The molecule has 1 aliphatic heterocycles. The minimum atomic E-state index is -4.43. The summed E-state index contributed by atoms with van der Waals surface area (Å²) >= 11 is 0. The Morgan fingerprint density at radius 1 is 1.25 bits per heavy atom. The number of alkyl halides is 3. The number of amides is 2. The molecule has 0 saturated carbocycles. The van der Waals surface area contributed by atoms with Crippen LogP contribution in [0.1, 0.15) is 34.4 Å². The van der Waals surface area contributed by atoms with E-state index in [1.165, 1.54) is 19.1 Å². The quantitative estimate of drug-likeness (QED) is 0.646. The molecule has 1 aliphatic rings. The second-order valence-corrected chi connectivity index (χ2v) is 7.93. The Balaban J connectivity index is 1.64. The van der Waals surface area contributed by atoms with Crippen molar-refractivity contribution in [2.75, 3.05) is 25.0 Å². The number of aryl methyl sites for hydroxylation is 2. The highest BCUT2D eigenvalue weighted by Gasteiger charge is 2.32. The Morgan fingerprint density at radius 2 is 2.00 bits per heavy atom. The standard InChI is InChI=1S/C23H26F3N3O3/c1-14-10-18(3-4-20(14)23(24,25)26)28-22(32)29-7-5-17(6-8-29)21-15(2)9-16(12-27-21)11-19(31)13-30/h3-5,9-10,12,19,30-31H,6-8,11,13H2,1-2H3,(H,28,32)/t19-/m0/s1. The normalized spacial score (nSPS) is 15.3. The summed E-state index contributed by atoms with van der Waals surface area (Å²) in [5.41, 5.74) is 3.24. The van der Waals surface area contributed by atoms with Gasteiger partial charge in [0.05, 0.1) is 24.0 Å². The summed E-state index contributed by atoms with van der Waals surface area (Å²) in [5.74, 6) is 0. The number of pyridine rings is 1. The molecule has 172 valence electrons. The molecule has 0 fully saturated rings. The lowest BCUT2D eigenvalue weighted by molar-refractivity contribution is -0.138. The fourth-order valence-electron chi connectivity index (χ4n) is 3.75. The van der Waals surface area contributed by atoms with Crippen LogP contribution in [0.15, 0.2) is 36.5 Å². The van der Waals surface area contributed by atoms with Crippen LogP contribution in [0.4, 0.5) is 23.7 Å². The van der Waals surface area contributed by atoms with Crippen molar-refractivity contribution in [2.24, 2.45) is 0 Å². The summed E-state index contributed by atoms with van der Waals surface area (Å²) in [6.45, 7) is 3.77. The number of anilines is 1.